The predicted molar refractivity (Wildman–Crippen MR) is 123 cm³/mol. The van der Waals surface area contributed by atoms with Crippen molar-refractivity contribution >= 4 is 22.7 Å². The molecule has 7 heteroatoms. The number of hydrogen-bond acceptors (Lipinski definition) is 6. The molecule has 1 aromatic heterocycles. The number of nitrogens with zero attached hydrogens (tertiary/aromatic N) is 1. The third-order valence-corrected chi connectivity index (χ3v) is 5.48. The van der Waals surface area contributed by atoms with E-state index in [9.17, 15) is 9.59 Å². The van der Waals surface area contributed by atoms with Crippen LogP contribution in [0.25, 0.3) is 11.0 Å². The van der Waals surface area contributed by atoms with Crippen molar-refractivity contribution in [2.75, 3.05) is 25.1 Å². The van der Waals surface area contributed by atoms with Crippen LogP contribution in [0.5, 0.6) is 0 Å². The highest BCUT2D eigenvalue weighted by atomic mass is 16.5. The second-order valence-corrected chi connectivity index (χ2v) is 7.94. The molecule has 168 valence electrons. The summed E-state index contributed by atoms with van der Waals surface area (Å²) < 4.78 is 16.2. The van der Waals surface area contributed by atoms with E-state index in [1.54, 1.807) is 25.1 Å². The lowest BCUT2D eigenvalue weighted by molar-refractivity contribution is 0.0680. The Labute approximate surface area is 186 Å². The first-order chi connectivity index (χ1) is 15.6. The quantitative estimate of drug-likeness (QED) is 0.522. The average Bonchev–Trinajstić information content (AvgIpc) is 3.27. The summed E-state index contributed by atoms with van der Waals surface area (Å²) in [6.45, 7) is 4.95. The Kier molecular flexibility index (Phi) is 7.19. The van der Waals surface area contributed by atoms with Crippen LogP contribution in [-0.2, 0) is 22.6 Å². The zero-order valence-electron chi connectivity index (χ0n) is 18.2. The number of amides is 1. The van der Waals surface area contributed by atoms with E-state index in [4.69, 9.17) is 13.9 Å². The number of fused-ring (bicyclic) bond motifs is 1. The second kappa shape index (κ2) is 10.4. The standard InChI is InChI=1S/C25H28N2O5/c1-2-30-25(29)26-20-10-11-22-19(13-24(28)32-23(22)14-20)16-27(17-21-9-6-12-31-21)15-18-7-4-3-5-8-18/h3-5,7-8,10-11,13-14,21H,2,6,9,12,15-17H2,1H3,(H,26,29). The number of anilines is 1. The van der Waals surface area contributed by atoms with Crippen molar-refractivity contribution in [2.45, 2.75) is 39.0 Å². The molecular weight excluding hydrogens is 408 g/mol. The molecule has 2 heterocycles. The van der Waals surface area contributed by atoms with Crippen molar-refractivity contribution < 1.29 is 18.7 Å². The SMILES string of the molecule is CCOC(=O)Nc1ccc2c(CN(Cc3ccccc3)CC3CCCO3)cc(=O)oc2c1. The zero-order valence-corrected chi connectivity index (χ0v) is 18.2. The highest BCUT2D eigenvalue weighted by Crippen LogP contribution is 2.24. The molecule has 1 fully saturated rings. The maximum absolute atomic E-state index is 12.3. The minimum Gasteiger partial charge on any atom is -0.450 e. The van der Waals surface area contributed by atoms with Gasteiger partial charge in [0.25, 0.3) is 0 Å². The highest BCUT2D eigenvalue weighted by molar-refractivity contribution is 5.89. The Hall–Kier alpha value is -3.16. The van der Waals surface area contributed by atoms with Crippen molar-refractivity contribution in [1.82, 2.24) is 4.90 Å². The van der Waals surface area contributed by atoms with E-state index in [1.807, 2.05) is 24.3 Å². The number of ether oxygens (including phenoxy) is 2. The minimum atomic E-state index is -0.545. The molecule has 1 unspecified atom stereocenters. The van der Waals surface area contributed by atoms with Crippen LogP contribution in [0.1, 0.15) is 30.9 Å². The fourth-order valence-corrected chi connectivity index (χ4v) is 4.07. The topological polar surface area (TPSA) is 81.0 Å². The lowest BCUT2D eigenvalue weighted by Gasteiger charge is -2.26. The third-order valence-electron chi connectivity index (χ3n) is 5.48. The molecule has 32 heavy (non-hydrogen) atoms. The number of carbonyl (C=O) groups is 1. The monoisotopic (exact) mass is 436 g/mol. The van der Waals surface area contributed by atoms with Crippen LogP contribution in [0.4, 0.5) is 10.5 Å². The van der Waals surface area contributed by atoms with Gasteiger partial charge in [-0.2, -0.15) is 0 Å². The smallest absolute Gasteiger partial charge is 0.411 e. The fourth-order valence-electron chi connectivity index (χ4n) is 4.07. The second-order valence-electron chi connectivity index (χ2n) is 7.94. The maximum Gasteiger partial charge on any atom is 0.411 e. The van der Waals surface area contributed by atoms with E-state index in [0.29, 0.717) is 17.8 Å². The van der Waals surface area contributed by atoms with Gasteiger partial charge in [0.15, 0.2) is 0 Å². The molecule has 2 aromatic carbocycles. The first-order valence-corrected chi connectivity index (χ1v) is 11.0. The molecule has 1 amide bonds. The molecule has 1 atom stereocenters. The zero-order chi connectivity index (χ0) is 22.3. The van der Waals surface area contributed by atoms with Crippen molar-refractivity contribution in [3.05, 3.63) is 76.1 Å². The van der Waals surface area contributed by atoms with Crippen LogP contribution in [0.3, 0.4) is 0 Å². The van der Waals surface area contributed by atoms with Gasteiger partial charge in [0.05, 0.1) is 12.7 Å². The van der Waals surface area contributed by atoms with Gasteiger partial charge in [-0.15, -0.1) is 0 Å². The Bertz CT molecular complexity index is 1110. The Morgan fingerprint density at radius 3 is 2.75 bits per heavy atom. The van der Waals surface area contributed by atoms with Crippen LogP contribution in [0.2, 0.25) is 0 Å². The van der Waals surface area contributed by atoms with Gasteiger partial charge in [-0.3, -0.25) is 10.2 Å². The summed E-state index contributed by atoms with van der Waals surface area (Å²) in [4.78, 5) is 26.3. The Balaban J connectivity index is 1.60. The largest absolute Gasteiger partial charge is 0.450 e. The van der Waals surface area contributed by atoms with E-state index in [1.165, 1.54) is 5.56 Å². The molecule has 0 radical (unpaired) electrons. The number of nitrogens with one attached hydrogen (secondary N) is 1. The number of rotatable bonds is 8. The fraction of sp³-hybridized carbons (Fsp3) is 0.360. The van der Waals surface area contributed by atoms with Crippen LogP contribution < -0.4 is 10.9 Å². The van der Waals surface area contributed by atoms with Gasteiger partial charge >= 0.3 is 11.7 Å². The van der Waals surface area contributed by atoms with Gasteiger partial charge in [0.1, 0.15) is 5.58 Å². The van der Waals surface area contributed by atoms with Crippen molar-refractivity contribution in [2.24, 2.45) is 0 Å². The molecule has 0 aliphatic carbocycles. The van der Waals surface area contributed by atoms with E-state index >= 15 is 0 Å². The van der Waals surface area contributed by atoms with E-state index in [0.717, 1.165) is 43.5 Å². The highest BCUT2D eigenvalue weighted by Gasteiger charge is 2.21. The van der Waals surface area contributed by atoms with Crippen molar-refractivity contribution in [1.29, 1.82) is 0 Å². The van der Waals surface area contributed by atoms with Gasteiger partial charge in [-0.05, 0) is 43.0 Å². The summed E-state index contributed by atoms with van der Waals surface area (Å²) in [5, 5.41) is 3.48. The normalized spacial score (nSPS) is 15.9. The number of carbonyl (C=O) groups excluding carboxylic acids is 1. The van der Waals surface area contributed by atoms with Crippen LogP contribution in [-0.4, -0.2) is 36.9 Å². The molecule has 0 bridgehead atoms. The van der Waals surface area contributed by atoms with E-state index < -0.39 is 11.7 Å². The van der Waals surface area contributed by atoms with Crippen molar-refractivity contribution in [3.8, 4) is 0 Å². The lowest BCUT2D eigenvalue weighted by atomic mass is 10.1. The molecule has 1 saturated heterocycles. The molecule has 0 spiro atoms. The molecule has 7 nitrogen and oxygen atoms in total. The van der Waals surface area contributed by atoms with E-state index in [-0.39, 0.29) is 12.7 Å². The van der Waals surface area contributed by atoms with Crippen LogP contribution >= 0.6 is 0 Å². The number of benzene rings is 2. The average molecular weight is 437 g/mol. The lowest BCUT2D eigenvalue weighted by Crippen LogP contribution is -2.31. The predicted octanol–water partition coefficient (Wildman–Crippen LogP) is 4.54. The summed E-state index contributed by atoms with van der Waals surface area (Å²) in [7, 11) is 0. The number of hydrogen-bond donors (Lipinski definition) is 1. The Morgan fingerprint density at radius 2 is 2.00 bits per heavy atom. The molecule has 3 aromatic rings. The summed E-state index contributed by atoms with van der Waals surface area (Å²) in [5.74, 6) is 0. The molecule has 4 rings (SSSR count). The maximum atomic E-state index is 12.3. The van der Waals surface area contributed by atoms with Gasteiger partial charge in [-0.1, -0.05) is 30.3 Å². The molecule has 1 aliphatic heterocycles. The third kappa shape index (κ3) is 5.75. The molecule has 1 aliphatic rings. The minimum absolute atomic E-state index is 0.200. The summed E-state index contributed by atoms with van der Waals surface area (Å²) >= 11 is 0. The molecule has 0 saturated carbocycles. The summed E-state index contributed by atoms with van der Waals surface area (Å²) in [5.41, 5.74) is 2.61. The van der Waals surface area contributed by atoms with Gasteiger partial charge in [0.2, 0.25) is 0 Å². The Morgan fingerprint density at radius 1 is 1.16 bits per heavy atom. The van der Waals surface area contributed by atoms with Gasteiger partial charge < -0.3 is 13.9 Å². The van der Waals surface area contributed by atoms with E-state index in [2.05, 4.69) is 22.3 Å². The van der Waals surface area contributed by atoms with Crippen LogP contribution in [0, 0.1) is 0 Å². The summed E-state index contributed by atoms with van der Waals surface area (Å²) in [6.07, 6.45) is 1.78. The first kappa shape index (κ1) is 22.0. The molecular formula is C25H28N2O5. The first-order valence-electron chi connectivity index (χ1n) is 11.0. The van der Waals surface area contributed by atoms with Crippen LogP contribution in [0.15, 0.2) is 63.8 Å². The van der Waals surface area contributed by atoms with Gasteiger partial charge in [0, 0.05) is 49.4 Å². The van der Waals surface area contributed by atoms with Crippen molar-refractivity contribution in [3.63, 3.8) is 0 Å². The summed E-state index contributed by atoms with van der Waals surface area (Å²) in [6, 6.07) is 17.1. The molecule has 1 N–H and O–H groups in total. The van der Waals surface area contributed by atoms with Gasteiger partial charge in [-0.25, -0.2) is 9.59 Å².